The number of aromatic nitrogens is 2. The molecule has 1 fully saturated rings. The molecule has 7 heteroatoms. The molecule has 1 aliphatic rings. The van der Waals surface area contributed by atoms with Gasteiger partial charge >= 0.3 is 6.03 Å². The van der Waals surface area contributed by atoms with Crippen molar-refractivity contribution in [1.82, 2.24) is 25.1 Å². The summed E-state index contributed by atoms with van der Waals surface area (Å²) in [6, 6.07) is 4.33. The molecule has 2 atom stereocenters. The van der Waals surface area contributed by atoms with E-state index in [0.717, 1.165) is 31.2 Å². The van der Waals surface area contributed by atoms with Crippen LogP contribution in [0.1, 0.15) is 36.5 Å². The molecule has 0 aliphatic carbocycles. The first kappa shape index (κ1) is 16.9. The van der Waals surface area contributed by atoms with Crippen molar-refractivity contribution in [2.75, 3.05) is 26.2 Å². The van der Waals surface area contributed by atoms with Gasteiger partial charge in [0.1, 0.15) is 5.01 Å². The van der Waals surface area contributed by atoms with Gasteiger partial charge in [-0.15, -0.1) is 11.3 Å². The quantitative estimate of drug-likeness (QED) is 0.925. The van der Waals surface area contributed by atoms with Crippen LogP contribution in [0, 0.1) is 0 Å². The highest BCUT2D eigenvalue weighted by atomic mass is 32.1. The highest BCUT2D eigenvalue weighted by Gasteiger charge is 2.25. The van der Waals surface area contributed by atoms with Gasteiger partial charge in [0.05, 0.1) is 6.04 Å². The van der Waals surface area contributed by atoms with Crippen LogP contribution in [0.3, 0.4) is 0 Å². The summed E-state index contributed by atoms with van der Waals surface area (Å²) in [5.74, 6) is 0. The third-order valence-electron chi connectivity index (χ3n) is 4.48. The molecule has 0 aromatic carbocycles. The molecule has 2 aromatic rings. The largest absolute Gasteiger partial charge is 0.329 e. The van der Waals surface area contributed by atoms with E-state index >= 15 is 0 Å². The van der Waals surface area contributed by atoms with E-state index in [1.54, 1.807) is 23.7 Å². The van der Waals surface area contributed by atoms with E-state index in [-0.39, 0.29) is 12.1 Å². The summed E-state index contributed by atoms with van der Waals surface area (Å²) in [5.41, 5.74) is 1.22. The Hall–Kier alpha value is -1.99. The molecule has 24 heavy (non-hydrogen) atoms. The Morgan fingerprint density at radius 1 is 1.25 bits per heavy atom. The fraction of sp³-hybridized carbons (Fsp3) is 0.471. The lowest BCUT2D eigenvalue weighted by molar-refractivity contribution is 0.112. The van der Waals surface area contributed by atoms with Gasteiger partial charge in [-0.25, -0.2) is 9.78 Å². The second-order valence-corrected chi connectivity index (χ2v) is 6.95. The topological polar surface area (TPSA) is 61.4 Å². The minimum absolute atomic E-state index is 0.00798. The van der Waals surface area contributed by atoms with Crippen LogP contribution < -0.4 is 5.32 Å². The molecule has 1 N–H and O–H groups in total. The standard InChI is InChI=1S/C17H23N5OS/c1-13(16-19-6-11-24-16)20-17(23)22-9-7-21(8-10-22)14(2)15-4-3-5-18-12-15/h3-6,11-14H,7-10H2,1-2H3,(H,20,23)/t13-,14+/m1/s1. The zero-order valence-electron chi connectivity index (χ0n) is 14.1. The van der Waals surface area contributed by atoms with E-state index in [9.17, 15) is 4.79 Å². The molecular weight excluding hydrogens is 322 g/mol. The Bertz CT molecular complexity index is 640. The third kappa shape index (κ3) is 3.91. The van der Waals surface area contributed by atoms with Gasteiger partial charge < -0.3 is 10.2 Å². The van der Waals surface area contributed by atoms with Gasteiger partial charge in [-0.1, -0.05) is 6.07 Å². The fourth-order valence-corrected chi connectivity index (χ4v) is 3.58. The van der Waals surface area contributed by atoms with Gasteiger partial charge in [0.15, 0.2) is 0 Å². The highest BCUT2D eigenvalue weighted by molar-refractivity contribution is 7.09. The van der Waals surface area contributed by atoms with E-state index in [2.05, 4.69) is 33.2 Å². The van der Waals surface area contributed by atoms with Crippen LogP contribution >= 0.6 is 11.3 Å². The molecule has 2 amide bonds. The Kier molecular flexibility index (Phi) is 5.42. The minimum Gasteiger partial charge on any atom is -0.329 e. The summed E-state index contributed by atoms with van der Waals surface area (Å²) < 4.78 is 0. The minimum atomic E-state index is -0.0511. The van der Waals surface area contributed by atoms with Gasteiger partial charge in [-0.2, -0.15) is 0 Å². The zero-order valence-corrected chi connectivity index (χ0v) is 14.9. The van der Waals surface area contributed by atoms with E-state index in [1.807, 2.05) is 29.5 Å². The molecule has 1 aliphatic heterocycles. The lowest BCUT2D eigenvalue weighted by Gasteiger charge is -2.38. The second-order valence-electron chi connectivity index (χ2n) is 6.03. The van der Waals surface area contributed by atoms with Gasteiger partial charge in [-0.3, -0.25) is 9.88 Å². The number of nitrogens with one attached hydrogen (secondary N) is 1. The molecule has 0 radical (unpaired) electrons. The summed E-state index contributed by atoms with van der Waals surface area (Å²) in [4.78, 5) is 25.1. The molecule has 128 valence electrons. The van der Waals surface area contributed by atoms with E-state index in [4.69, 9.17) is 0 Å². The molecular formula is C17H23N5OS. The number of hydrogen-bond donors (Lipinski definition) is 1. The monoisotopic (exact) mass is 345 g/mol. The van der Waals surface area contributed by atoms with E-state index < -0.39 is 0 Å². The molecule has 3 rings (SSSR count). The van der Waals surface area contributed by atoms with Gasteiger partial charge in [0.2, 0.25) is 0 Å². The van der Waals surface area contributed by atoms with E-state index in [1.165, 1.54) is 5.56 Å². The van der Waals surface area contributed by atoms with Gasteiger partial charge in [-0.05, 0) is 25.5 Å². The lowest BCUT2D eigenvalue weighted by Crippen LogP contribution is -2.52. The van der Waals surface area contributed by atoms with Crippen molar-refractivity contribution in [3.8, 4) is 0 Å². The number of pyridine rings is 1. The predicted molar refractivity (Wildman–Crippen MR) is 94.9 cm³/mol. The first-order valence-electron chi connectivity index (χ1n) is 8.24. The Balaban J connectivity index is 1.50. The maximum absolute atomic E-state index is 12.4. The number of hydrogen-bond acceptors (Lipinski definition) is 5. The number of piperazine rings is 1. The van der Waals surface area contributed by atoms with Crippen molar-refractivity contribution in [2.24, 2.45) is 0 Å². The molecule has 0 unspecified atom stereocenters. The third-order valence-corrected chi connectivity index (χ3v) is 5.44. The number of amides is 2. The van der Waals surface area contributed by atoms with Crippen LogP contribution in [0.2, 0.25) is 0 Å². The van der Waals surface area contributed by atoms with Crippen molar-refractivity contribution in [2.45, 2.75) is 25.9 Å². The van der Waals surface area contributed by atoms with Crippen LogP contribution in [0.4, 0.5) is 4.79 Å². The van der Waals surface area contributed by atoms with Crippen LogP contribution in [0.15, 0.2) is 36.1 Å². The van der Waals surface area contributed by atoms with Crippen LogP contribution in [-0.4, -0.2) is 52.0 Å². The lowest BCUT2D eigenvalue weighted by atomic mass is 10.1. The normalized spacial score (nSPS) is 18.2. The molecule has 0 spiro atoms. The Morgan fingerprint density at radius 3 is 2.67 bits per heavy atom. The Labute approximate surface area is 146 Å². The summed E-state index contributed by atoms with van der Waals surface area (Å²) in [5, 5.41) is 5.90. The zero-order chi connectivity index (χ0) is 16.9. The number of nitrogens with zero attached hydrogens (tertiary/aromatic N) is 4. The number of carbonyl (C=O) groups excluding carboxylic acids is 1. The first-order chi connectivity index (χ1) is 11.6. The summed E-state index contributed by atoms with van der Waals surface area (Å²) in [6.07, 6.45) is 5.48. The summed E-state index contributed by atoms with van der Waals surface area (Å²) in [7, 11) is 0. The number of thiazole rings is 1. The second kappa shape index (κ2) is 7.72. The predicted octanol–water partition coefficient (Wildman–Crippen LogP) is 2.69. The van der Waals surface area contributed by atoms with Crippen LogP contribution in [0.5, 0.6) is 0 Å². The molecule has 3 heterocycles. The van der Waals surface area contributed by atoms with Crippen LogP contribution in [-0.2, 0) is 0 Å². The summed E-state index contributed by atoms with van der Waals surface area (Å²) >= 11 is 1.56. The van der Waals surface area contributed by atoms with Crippen LogP contribution in [0.25, 0.3) is 0 Å². The van der Waals surface area contributed by atoms with Crippen molar-refractivity contribution in [3.63, 3.8) is 0 Å². The molecule has 0 saturated carbocycles. The molecule has 0 bridgehead atoms. The SMILES string of the molecule is C[C@@H](NC(=O)N1CCN([C@@H](C)c2cccnc2)CC1)c1nccs1. The Morgan fingerprint density at radius 2 is 2.04 bits per heavy atom. The average molecular weight is 345 g/mol. The molecule has 6 nitrogen and oxygen atoms in total. The molecule has 2 aromatic heterocycles. The van der Waals surface area contributed by atoms with E-state index in [0.29, 0.717) is 6.04 Å². The number of urea groups is 1. The van der Waals surface area contributed by atoms with Crippen molar-refractivity contribution < 1.29 is 4.79 Å². The van der Waals surface area contributed by atoms with Crippen molar-refractivity contribution in [3.05, 3.63) is 46.7 Å². The molecule has 1 saturated heterocycles. The number of rotatable bonds is 4. The van der Waals surface area contributed by atoms with Gasteiger partial charge in [0, 0.05) is 56.2 Å². The van der Waals surface area contributed by atoms with Gasteiger partial charge in [0.25, 0.3) is 0 Å². The smallest absolute Gasteiger partial charge is 0.318 e. The first-order valence-corrected chi connectivity index (χ1v) is 9.12. The fourth-order valence-electron chi connectivity index (χ4n) is 2.93. The van der Waals surface area contributed by atoms with Crippen molar-refractivity contribution in [1.29, 1.82) is 0 Å². The maximum Gasteiger partial charge on any atom is 0.318 e. The van der Waals surface area contributed by atoms with Crippen molar-refractivity contribution >= 4 is 17.4 Å². The number of carbonyl (C=O) groups is 1. The highest BCUT2D eigenvalue weighted by Crippen LogP contribution is 2.21. The average Bonchev–Trinajstić information content (AvgIpc) is 3.17. The summed E-state index contributed by atoms with van der Waals surface area (Å²) in [6.45, 7) is 7.38. The maximum atomic E-state index is 12.4.